The fourth-order valence-electron chi connectivity index (χ4n) is 4.70. The van der Waals surface area contributed by atoms with E-state index < -0.39 is 6.67 Å². The number of carbonyl (C=O) groups excluding carboxylic acids is 1. The highest BCUT2D eigenvalue weighted by molar-refractivity contribution is 7.21. The number of pyridine rings is 2. The molecule has 1 aliphatic carbocycles. The third kappa shape index (κ3) is 4.02. The Hall–Kier alpha value is -2.85. The number of aryl methyl sites for hydroxylation is 2. The van der Waals surface area contributed by atoms with Crippen molar-refractivity contribution in [3.63, 3.8) is 0 Å². The summed E-state index contributed by atoms with van der Waals surface area (Å²) in [6, 6.07) is 4.63. The average molecular weight is 473 g/mol. The molecule has 1 fully saturated rings. The Kier molecular flexibility index (Phi) is 5.65. The highest BCUT2D eigenvalue weighted by Gasteiger charge is 2.33. The molecule has 5 N–H and O–H groups in total. The zero-order valence-electron chi connectivity index (χ0n) is 18.3. The largest absolute Gasteiger partial charge is 0.397 e. The van der Waals surface area contributed by atoms with Gasteiger partial charge in [0.05, 0.1) is 12.4 Å². The minimum absolute atomic E-state index is 0.220. The summed E-state index contributed by atoms with van der Waals surface area (Å²) < 4.78 is 28.1. The van der Waals surface area contributed by atoms with Gasteiger partial charge in [0.15, 0.2) is 0 Å². The Labute approximate surface area is 194 Å². The number of nitrogens with zero attached hydrogens (tertiary/aromatic N) is 3. The predicted octanol–water partition coefficient (Wildman–Crippen LogP) is 2.74. The van der Waals surface area contributed by atoms with Crippen molar-refractivity contribution in [3.8, 4) is 0 Å². The lowest BCUT2D eigenvalue weighted by Gasteiger charge is -2.27. The predicted molar refractivity (Wildman–Crippen MR) is 126 cm³/mol. The SMILES string of the molecule is Cc1ccc2c(N)c(C(=O)NC3CCc4nc(N5CC(N)C(CF)C5)cc(F)c4C3)sc2n1. The summed E-state index contributed by atoms with van der Waals surface area (Å²) in [6.07, 6.45) is 1.54. The molecule has 4 heterocycles. The van der Waals surface area contributed by atoms with Gasteiger partial charge in [-0.3, -0.25) is 9.18 Å². The molecule has 33 heavy (non-hydrogen) atoms. The van der Waals surface area contributed by atoms with Gasteiger partial charge in [-0.2, -0.15) is 0 Å². The minimum Gasteiger partial charge on any atom is -0.397 e. The van der Waals surface area contributed by atoms with E-state index in [1.165, 1.54) is 17.4 Å². The molecule has 10 heteroatoms. The Morgan fingerprint density at radius 1 is 1.33 bits per heavy atom. The number of carbonyl (C=O) groups is 1. The first-order valence-corrected chi connectivity index (χ1v) is 11.9. The van der Waals surface area contributed by atoms with Gasteiger partial charge in [-0.1, -0.05) is 0 Å². The van der Waals surface area contributed by atoms with Crippen LogP contribution in [0.5, 0.6) is 0 Å². The van der Waals surface area contributed by atoms with E-state index in [1.807, 2.05) is 24.0 Å². The van der Waals surface area contributed by atoms with E-state index in [2.05, 4.69) is 15.3 Å². The summed E-state index contributed by atoms with van der Waals surface area (Å²) >= 11 is 1.26. The molecular weight excluding hydrogens is 446 g/mol. The lowest BCUT2D eigenvalue weighted by atomic mass is 9.91. The molecule has 0 spiro atoms. The fraction of sp³-hybridized carbons (Fsp3) is 0.435. The van der Waals surface area contributed by atoms with Crippen molar-refractivity contribution in [1.29, 1.82) is 0 Å². The van der Waals surface area contributed by atoms with Crippen molar-refractivity contribution >= 4 is 39.0 Å². The van der Waals surface area contributed by atoms with Crippen LogP contribution in [-0.4, -0.2) is 47.7 Å². The van der Waals surface area contributed by atoms with Crippen molar-refractivity contribution in [3.05, 3.63) is 45.8 Å². The smallest absolute Gasteiger partial charge is 0.263 e. The van der Waals surface area contributed by atoms with Crippen molar-refractivity contribution in [2.24, 2.45) is 11.7 Å². The molecule has 0 saturated carbocycles. The number of nitrogens with one attached hydrogen (secondary N) is 1. The molecule has 3 unspecified atom stereocenters. The first-order valence-electron chi connectivity index (χ1n) is 11.0. The number of fused-ring (bicyclic) bond motifs is 2. The molecule has 0 bridgehead atoms. The zero-order valence-corrected chi connectivity index (χ0v) is 19.1. The number of hydrogen-bond acceptors (Lipinski definition) is 7. The average Bonchev–Trinajstić information content (AvgIpc) is 3.33. The molecular formula is C23H26F2N6OS. The maximum atomic E-state index is 15.0. The normalized spacial score (nSPS) is 22.5. The molecule has 1 aliphatic heterocycles. The molecule has 3 aromatic rings. The van der Waals surface area contributed by atoms with Crippen molar-refractivity contribution in [2.45, 2.75) is 38.3 Å². The van der Waals surface area contributed by atoms with Gasteiger partial charge in [0.25, 0.3) is 5.91 Å². The minimum atomic E-state index is -0.494. The summed E-state index contributed by atoms with van der Waals surface area (Å²) in [5.41, 5.74) is 14.7. The standard InChI is InChI=1S/C23H26F2N6OS/c1-11-2-4-14-20(27)21(33-23(14)28-11)22(32)29-13-3-5-18-15(6-13)16(25)7-19(30-18)31-9-12(8-24)17(26)10-31/h2,4,7,12-13,17H,3,5-6,8-10,26-27H2,1H3,(H,29,32). The first kappa shape index (κ1) is 22.0. The monoisotopic (exact) mass is 472 g/mol. The van der Waals surface area contributed by atoms with E-state index in [9.17, 15) is 9.18 Å². The van der Waals surface area contributed by atoms with E-state index in [0.29, 0.717) is 60.0 Å². The van der Waals surface area contributed by atoms with Crippen molar-refractivity contribution < 1.29 is 13.6 Å². The maximum Gasteiger partial charge on any atom is 0.263 e. The Bertz CT molecular complexity index is 1230. The number of anilines is 2. The second-order valence-corrected chi connectivity index (χ2v) is 9.93. The molecule has 3 aromatic heterocycles. The third-order valence-corrected chi connectivity index (χ3v) is 7.72. The Balaban J connectivity index is 1.31. The van der Waals surface area contributed by atoms with Crippen LogP contribution in [0, 0.1) is 18.7 Å². The third-order valence-electron chi connectivity index (χ3n) is 6.61. The summed E-state index contributed by atoms with van der Waals surface area (Å²) in [6.45, 7) is 2.29. The highest BCUT2D eigenvalue weighted by Crippen LogP contribution is 2.33. The van der Waals surface area contributed by atoms with Gasteiger partial charge in [0.2, 0.25) is 0 Å². The van der Waals surface area contributed by atoms with Crippen LogP contribution in [0.1, 0.15) is 33.0 Å². The molecule has 0 aromatic carbocycles. The number of rotatable bonds is 4. The Morgan fingerprint density at radius 2 is 2.15 bits per heavy atom. The van der Waals surface area contributed by atoms with Gasteiger partial charge in [0, 0.05) is 59.5 Å². The fourth-order valence-corrected chi connectivity index (χ4v) is 5.74. The zero-order chi connectivity index (χ0) is 23.3. The van der Waals surface area contributed by atoms with Crippen LogP contribution in [0.15, 0.2) is 18.2 Å². The van der Waals surface area contributed by atoms with Crippen LogP contribution in [0.25, 0.3) is 10.2 Å². The van der Waals surface area contributed by atoms with E-state index in [-0.39, 0.29) is 29.7 Å². The number of thiophene rings is 1. The van der Waals surface area contributed by atoms with Crippen molar-refractivity contribution in [1.82, 2.24) is 15.3 Å². The summed E-state index contributed by atoms with van der Waals surface area (Å²) in [7, 11) is 0. The van der Waals surface area contributed by atoms with E-state index in [0.717, 1.165) is 15.9 Å². The van der Waals surface area contributed by atoms with Crippen LogP contribution in [0.4, 0.5) is 20.3 Å². The number of amides is 1. The lowest BCUT2D eigenvalue weighted by Crippen LogP contribution is -2.39. The number of nitrogen functional groups attached to an aromatic ring is 1. The molecule has 1 saturated heterocycles. The second-order valence-electron chi connectivity index (χ2n) is 8.93. The summed E-state index contributed by atoms with van der Waals surface area (Å²) in [5, 5.41) is 3.78. The number of halogens is 2. The molecule has 0 radical (unpaired) electrons. The van der Waals surface area contributed by atoms with Crippen LogP contribution < -0.4 is 21.7 Å². The first-order chi connectivity index (χ1) is 15.8. The number of hydrogen-bond donors (Lipinski definition) is 3. The highest BCUT2D eigenvalue weighted by atomic mass is 32.1. The number of aromatic nitrogens is 2. The quantitative estimate of drug-likeness (QED) is 0.539. The van der Waals surface area contributed by atoms with E-state index in [1.54, 1.807) is 0 Å². The number of nitrogens with two attached hydrogens (primary N) is 2. The number of alkyl halides is 1. The molecule has 174 valence electrons. The van der Waals surface area contributed by atoms with Crippen LogP contribution in [-0.2, 0) is 12.8 Å². The van der Waals surface area contributed by atoms with Gasteiger partial charge in [0.1, 0.15) is 21.3 Å². The Morgan fingerprint density at radius 3 is 2.91 bits per heavy atom. The van der Waals surface area contributed by atoms with Crippen LogP contribution in [0.3, 0.4) is 0 Å². The van der Waals surface area contributed by atoms with Gasteiger partial charge in [-0.15, -0.1) is 11.3 Å². The molecule has 5 rings (SSSR count). The van der Waals surface area contributed by atoms with Gasteiger partial charge < -0.3 is 21.7 Å². The maximum absolute atomic E-state index is 15.0. The van der Waals surface area contributed by atoms with E-state index >= 15 is 4.39 Å². The van der Waals surface area contributed by atoms with Gasteiger partial charge in [-0.25, -0.2) is 14.4 Å². The van der Waals surface area contributed by atoms with Crippen molar-refractivity contribution in [2.75, 3.05) is 30.4 Å². The van der Waals surface area contributed by atoms with Gasteiger partial charge >= 0.3 is 0 Å². The molecule has 2 aliphatic rings. The van der Waals surface area contributed by atoms with E-state index in [4.69, 9.17) is 11.5 Å². The summed E-state index contributed by atoms with van der Waals surface area (Å²) in [5.74, 6) is -0.380. The lowest BCUT2D eigenvalue weighted by molar-refractivity contribution is 0.0938. The molecule has 3 atom stereocenters. The molecule has 1 amide bonds. The topological polar surface area (TPSA) is 110 Å². The molecule has 7 nitrogen and oxygen atoms in total. The van der Waals surface area contributed by atoms with Crippen LogP contribution >= 0.6 is 11.3 Å². The second kappa shape index (κ2) is 8.49. The summed E-state index contributed by atoms with van der Waals surface area (Å²) in [4.78, 5) is 25.0. The van der Waals surface area contributed by atoms with Crippen LogP contribution in [0.2, 0.25) is 0 Å². The van der Waals surface area contributed by atoms with Gasteiger partial charge in [-0.05, 0) is 38.3 Å².